The largest absolute Gasteiger partial charge is 0.495 e. The van der Waals surface area contributed by atoms with Gasteiger partial charge in [0.05, 0.1) is 23.4 Å². The van der Waals surface area contributed by atoms with Crippen LogP contribution in [0.2, 0.25) is 5.02 Å². The van der Waals surface area contributed by atoms with E-state index in [1.54, 1.807) is 67.8 Å². The zero-order valence-corrected chi connectivity index (χ0v) is 20.4. The van der Waals surface area contributed by atoms with E-state index in [0.29, 0.717) is 37.1 Å². The first-order valence-electron chi connectivity index (χ1n) is 10.1. The first-order chi connectivity index (χ1) is 16.4. The molecule has 4 rings (SSSR count). The number of hydrogen-bond acceptors (Lipinski definition) is 6. The average Bonchev–Trinajstić information content (AvgIpc) is 3.12. The number of anilines is 2. The maximum atomic E-state index is 12.9. The highest BCUT2D eigenvalue weighted by Crippen LogP contribution is 2.36. The van der Waals surface area contributed by atoms with E-state index in [1.807, 2.05) is 18.2 Å². The number of thioether (sulfide) groups is 1. The number of nitrogens with zero attached hydrogens (tertiary/aromatic N) is 1. The zero-order chi connectivity index (χ0) is 24.1. The van der Waals surface area contributed by atoms with Gasteiger partial charge in [-0.2, -0.15) is 0 Å². The van der Waals surface area contributed by atoms with Gasteiger partial charge in [-0.3, -0.25) is 14.5 Å². The Morgan fingerprint density at radius 3 is 2.50 bits per heavy atom. The van der Waals surface area contributed by atoms with Crippen LogP contribution in [0.5, 0.6) is 11.5 Å². The molecule has 9 heteroatoms. The van der Waals surface area contributed by atoms with Crippen molar-refractivity contribution < 1.29 is 19.1 Å². The smallest absolute Gasteiger partial charge is 0.270 e. The summed E-state index contributed by atoms with van der Waals surface area (Å²) in [4.78, 5) is 27.1. The number of carbonyl (C=O) groups is 2. The highest BCUT2D eigenvalue weighted by Gasteiger charge is 2.33. The van der Waals surface area contributed by atoms with E-state index in [1.165, 1.54) is 16.7 Å². The maximum absolute atomic E-state index is 12.9. The number of ether oxygens (including phenoxy) is 2. The highest BCUT2D eigenvalue weighted by atomic mass is 35.5. The number of carbonyl (C=O) groups excluding carboxylic acids is 2. The van der Waals surface area contributed by atoms with Gasteiger partial charge in [0.2, 0.25) is 0 Å². The van der Waals surface area contributed by atoms with E-state index in [2.05, 4.69) is 5.32 Å². The van der Waals surface area contributed by atoms with Gasteiger partial charge in [-0.25, -0.2) is 0 Å². The lowest BCUT2D eigenvalue weighted by Gasteiger charge is -2.14. The molecule has 34 heavy (non-hydrogen) atoms. The molecule has 1 aliphatic heterocycles. The molecule has 0 aromatic heterocycles. The summed E-state index contributed by atoms with van der Waals surface area (Å²) >= 11 is 12.6. The van der Waals surface area contributed by atoms with E-state index < -0.39 is 0 Å². The molecule has 0 saturated carbocycles. The monoisotopic (exact) mass is 510 g/mol. The van der Waals surface area contributed by atoms with Gasteiger partial charge in [-0.05, 0) is 60.2 Å². The van der Waals surface area contributed by atoms with Crippen LogP contribution in [-0.2, 0) is 9.59 Å². The molecule has 0 aliphatic carbocycles. The number of benzene rings is 3. The van der Waals surface area contributed by atoms with E-state index >= 15 is 0 Å². The third-order valence-corrected chi connectivity index (χ3v) is 6.36. The molecule has 1 saturated heterocycles. The molecule has 3 aromatic carbocycles. The van der Waals surface area contributed by atoms with Crippen molar-refractivity contribution in [2.45, 2.75) is 0 Å². The Bertz CT molecular complexity index is 1260. The molecule has 1 N–H and O–H groups in total. The number of amides is 2. The van der Waals surface area contributed by atoms with Crippen LogP contribution < -0.4 is 19.7 Å². The third-order valence-electron chi connectivity index (χ3n) is 4.81. The number of rotatable bonds is 7. The van der Waals surface area contributed by atoms with Gasteiger partial charge in [0.25, 0.3) is 11.8 Å². The van der Waals surface area contributed by atoms with Crippen LogP contribution in [0, 0.1) is 0 Å². The Morgan fingerprint density at radius 1 is 1.09 bits per heavy atom. The zero-order valence-electron chi connectivity index (χ0n) is 18.0. The van der Waals surface area contributed by atoms with Crippen LogP contribution in [0.3, 0.4) is 0 Å². The Labute approximate surface area is 211 Å². The fourth-order valence-corrected chi connectivity index (χ4v) is 4.60. The number of methoxy groups -OCH3 is 1. The van der Waals surface area contributed by atoms with Crippen LogP contribution in [0.25, 0.3) is 6.08 Å². The minimum atomic E-state index is -0.306. The lowest BCUT2D eigenvalue weighted by molar-refractivity contribution is -0.118. The first-order valence-corrected chi connectivity index (χ1v) is 11.7. The average molecular weight is 511 g/mol. The lowest BCUT2D eigenvalue weighted by Crippen LogP contribution is -2.27. The van der Waals surface area contributed by atoms with Crippen LogP contribution in [0.1, 0.15) is 5.56 Å². The molecule has 0 unspecified atom stereocenters. The summed E-state index contributed by atoms with van der Waals surface area (Å²) in [5.74, 6) is 0.604. The molecule has 1 fully saturated rings. The lowest BCUT2D eigenvalue weighted by atomic mass is 10.2. The van der Waals surface area contributed by atoms with E-state index in [9.17, 15) is 9.59 Å². The molecule has 0 bridgehead atoms. The molecule has 6 nitrogen and oxygen atoms in total. The van der Waals surface area contributed by atoms with Gasteiger partial charge in [0.1, 0.15) is 11.5 Å². The molecular formula is C25H19ClN2O4S2. The SMILES string of the molecule is COc1ccccc1NC(=O)COc1ccc(/C=C2/SC(=S)N(c3ccc(Cl)cc3)C2=O)cc1. The van der Waals surface area contributed by atoms with Gasteiger partial charge in [0.15, 0.2) is 10.9 Å². The minimum absolute atomic E-state index is 0.156. The van der Waals surface area contributed by atoms with Crippen molar-refractivity contribution in [3.05, 3.63) is 88.3 Å². The topological polar surface area (TPSA) is 67.9 Å². The summed E-state index contributed by atoms with van der Waals surface area (Å²) in [5, 5.41) is 3.35. The molecular weight excluding hydrogens is 492 g/mol. The highest BCUT2D eigenvalue weighted by molar-refractivity contribution is 8.27. The molecule has 0 atom stereocenters. The summed E-state index contributed by atoms with van der Waals surface area (Å²) in [6, 6.07) is 21.2. The fraction of sp³-hybridized carbons (Fsp3) is 0.0800. The Morgan fingerprint density at radius 2 is 1.79 bits per heavy atom. The number of halogens is 1. The molecule has 1 aliphatic rings. The summed E-state index contributed by atoms with van der Waals surface area (Å²) in [7, 11) is 1.54. The first kappa shape index (κ1) is 23.8. The summed E-state index contributed by atoms with van der Waals surface area (Å²) in [6.45, 7) is -0.156. The van der Waals surface area contributed by atoms with Crippen LogP contribution in [0.15, 0.2) is 77.7 Å². The Kier molecular flexibility index (Phi) is 7.52. The Hall–Kier alpha value is -3.33. The van der Waals surface area contributed by atoms with Gasteiger partial charge < -0.3 is 14.8 Å². The van der Waals surface area contributed by atoms with E-state index in [4.69, 9.17) is 33.3 Å². The number of thiocarbonyl (C=S) groups is 1. The number of hydrogen-bond donors (Lipinski definition) is 1. The van der Waals surface area contributed by atoms with Crippen molar-refractivity contribution in [3.63, 3.8) is 0 Å². The second-order valence-electron chi connectivity index (χ2n) is 7.10. The van der Waals surface area contributed by atoms with E-state index in [0.717, 1.165) is 5.56 Å². The van der Waals surface area contributed by atoms with E-state index in [-0.39, 0.29) is 18.4 Å². The van der Waals surface area contributed by atoms with Crippen molar-refractivity contribution in [2.24, 2.45) is 0 Å². The van der Waals surface area contributed by atoms with Gasteiger partial charge in [-0.15, -0.1) is 0 Å². The van der Waals surface area contributed by atoms with Gasteiger partial charge >= 0.3 is 0 Å². The van der Waals surface area contributed by atoms with Gasteiger partial charge in [-0.1, -0.05) is 59.8 Å². The van der Waals surface area contributed by atoms with Gasteiger partial charge in [0, 0.05) is 5.02 Å². The van der Waals surface area contributed by atoms with Crippen LogP contribution in [-0.4, -0.2) is 29.9 Å². The minimum Gasteiger partial charge on any atom is -0.495 e. The quantitative estimate of drug-likeness (QED) is 0.321. The predicted octanol–water partition coefficient (Wildman–Crippen LogP) is 5.77. The third kappa shape index (κ3) is 5.59. The van der Waals surface area contributed by atoms with Crippen molar-refractivity contribution in [1.82, 2.24) is 0 Å². The van der Waals surface area contributed by atoms with Crippen LogP contribution >= 0.6 is 35.6 Å². The fourth-order valence-electron chi connectivity index (χ4n) is 3.18. The molecule has 0 spiro atoms. The van der Waals surface area contributed by atoms with Crippen molar-refractivity contribution in [1.29, 1.82) is 0 Å². The second-order valence-corrected chi connectivity index (χ2v) is 9.21. The van der Waals surface area contributed by atoms with Crippen molar-refractivity contribution in [3.8, 4) is 11.5 Å². The molecule has 3 aromatic rings. The summed E-state index contributed by atoms with van der Waals surface area (Å²) in [6.07, 6.45) is 1.77. The maximum Gasteiger partial charge on any atom is 0.270 e. The summed E-state index contributed by atoms with van der Waals surface area (Å²) in [5.41, 5.74) is 2.05. The molecule has 1 heterocycles. The predicted molar refractivity (Wildman–Crippen MR) is 141 cm³/mol. The van der Waals surface area contributed by atoms with Crippen molar-refractivity contribution >= 4 is 69.2 Å². The van der Waals surface area contributed by atoms with Crippen molar-refractivity contribution in [2.75, 3.05) is 23.9 Å². The molecule has 0 radical (unpaired) electrons. The standard InChI is InChI=1S/C25H19ClN2O4S2/c1-31-21-5-3-2-4-20(21)27-23(29)15-32-19-12-6-16(7-13-19)14-22-24(30)28(25(33)34-22)18-10-8-17(26)9-11-18/h2-14H,15H2,1H3,(H,27,29)/b22-14+. The number of para-hydroxylation sites is 2. The summed E-state index contributed by atoms with van der Waals surface area (Å²) < 4.78 is 11.3. The second kappa shape index (κ2) is 10.7. The van der Waals surface area contributed by atoms with Crippen LogP contribution in [0.4, 0.5) is 11.4 Å². The normalized spacial score (nSPS) is 14.4. The molecule has 172 valence electrons. The molecule has 2 amide bonds. The number of nitrogens with one attached hydrogen (secondary N) is 1. The Balaban J connectivity index is 1.37.